The standard InChI is InChI=1S/C11H15NO2S/c1-15-9-4-2-8(3-5-9)10(12)6-7-11(13)14/h2-5,10H,6-7,12H2,1H3,(H,13,14). The van der Waals surface area contributed by atoms with Crippen LogP contribution in [0.2, 0.25) is 0 Å². The molecule has 15 heavy (non-hydrogen) atoms. The smallest absolute Gasteiger partial charge is 0.303 e. The lowest BCUT2D eigenvalue weighted by Crippen LogP contribution is -2.12. The number of thioether (sulfide) groups is 1. The maximum atomic E-state index is 10.4. The molecule has 0 saturated carbocycles. The van der Waals surface area contributed by atoms with Crippen molar-refractivity contribution in [2.24, 2.45) is 5.73 Å². The summed E-state index contributed by atoms with van der Waals surface area (Å²) in [7, 11) is 0. The van der Waals surface area contributed by atoms with Crippen molar-refractivity contribution in [1.82, 2.24) is 0 Å². The molecule has 0 aromatic heterocycles. The van der Waals surface area contributed by atoms with Crippen molar-refractivity contribution in [3.8, 4) is 0 Å². The predicted octanol–water partition coefficient (Wildman–Crippen LogP) is 2.27. The molecule has 0 spiro atoms. The second kappa shape index (κ2) is 5.78. The Hall–Kier alpha value is -1.00. The second-order valence-corrected chi connectivity index (χ2v) is 4.19. The molecule has 1 rings (SSSR count). The number of carboxylic acids is 1. The minimum atomic E-state index is -0.800. The van der Waals surface area contributed by atoms with Crippen molar-refractivity contribution in [1.29, 1.82) is 0 Å². The first-order valence-corrected chi connectivity index (χ1v) is 5.97. The van der Waals surface area contributed by atoms with E-state index in [9.17, 15) is 4.79 Å². The first kappa shape index (κ1) is 12.1. The molecule has 0 bridgehead atoms. The molecule has 3 nitrogen and oxygen atoms in total. The van der Waals surface area contributed by atoms with E-state index in [1.807, 2.05) is 30.5 Å². The fourth-order valence-corrected chi connectivity index (χ4v) is 1.70. The van der Waals surface area contributed by atoms with Gasteiger partial charge in [0.1, 0.15) is 0 Å². The van der Waals surface area contributed by atoms with Gasteiger partial charge in [-0.2, -0.15) is 0 Å². The largest absolute Gasteiger partial charge is 0.481 e. The molecule has 0 aliphatic heterocycles. The maximum absolute atomic E-state index is 10.4. The second-order valence-electron chi connectivity index (χ2n) is 3.31. The quantitative estimate of drug-likeness (QED) is 0.755. The van der Waals surface area contributed by atoms with Gasteiger partial charge in [-0.15, -0.1) is 11.8 Å². The van der Waals surface area contributed by atoms with Crippen molar-refractivity contribution in [3.63, 3.8) is 0 Å². The average molecular weight is 225 g/mol. The summed E-state index contributed by atoms with van der Waals surface area (Å²) in [6.45, 7) is 0. The van der Waals surface area contributed by atoms with Crippen LogP contribution in [0.15, 0.2) is 29.2 Å². The first-order chi connectivity index (χ1) is 7.13. The van der Waals surface area contributed by atoms with Gasteiger partial charge in [0.05, 0.1) is 0 Å². The Morgan fingerprint density at radius 1 is 1.47 bits per heavy atom. The zero-order valence-corrected chi connectivity index (χ0v) is 9.46. The van der Waals surface area contributed by atoms with E-state index < -0.39 is 5.97 Å². The Bertz CT molecular complexity index is 324. The summed E-state index contributed by atoms with van der Waals surface area (Å²) in [5.74, 6) is -0.800. The van der Waals surface area contributed by atoms with Gasteiger partial charge in [0, 0.05) is 17.4 Å². The van der Waals surface area contributed by atoms with Gasteiger partial charge in [-0.25, -0.2) is 0 Å². The lowest BCUT2D eigenvalue weighted by atomic mass is 10.0. The highest BCUT2D eigenvalue weighted by atomic mass is 32.2. The van der Waals surface area contributed by atoms with Gasteiger partial charge in [0.25, 0.3) is 0 Å². The molecule has 0 heterocycles. The summed E-state index contributed by atoms with van der Waals surface area (Å²) in [6.07, 6.45) is 2.61. The SMILES string of the molecule is CSc1ccc(C(N)CCC(=O)O)cc1. The molecule has 3 N–H and O–H groups in total. The Labute approximate surface area is 93.7 Å². The summed E-state index contributed by atoms with van der Waals surface area (Å²) >= 11 is 1.67. The molecule has 0 amide bonds. The number of nitrogens with two attached hydrogens (primary N) is 1. The summed E-state index contributed by atoms with van der Waals surface area (Å²) < 4.78 is 0. The Balaban J connectivity index is 2.57. The van der Waals surface area contributed by atoms with Gasteiger partial charge < -0.3 is 10.8 Å². The van der Waals surface area contributed by atoms with E-state index in [4.69, 9.17) is 10.8 Å². The van der Waals surface area contributed by atoms with Crippen LogP contribution in [0, 0.1) is 0 Å². The third kappa shape index (κ3) is 3.93. The van der Waals surface area contributed by atoms with Crippen molar-refractivity contribution in [2.45, 2.75) is 23.8 Å². The van der Waals surface area contributed by atoms with Crippen molar-refractivity contribution >= 4 is 17.7 Å². The highest BCUT2D eigenvalue weighted by Gasteiger charge is 2.07. The van der Waals surface area contributed by atoms with E-state index in [-0.39, 0.29) is 12.5 Å². The molecular weight excluding hydrogens is 210 g/mol. The highest BCUT2D eigenvalue weighted by Crippen LogP contribution is 2.20. The number of hydrogen-bond acceptors (Lipinski definition) is 3. The summed E-state index contributed by atoms with van der Waals surface area (Å²) in [5, 5.41) is 8.53. The van der Waals surface area contributed by atoms with Crippen LogP contribution in [0.4, 0.5) is 0 Å². The molecule has 0 aliphatic carbocycles. The van der Waals surface area contributed by atoms with Gasteiger partial charge in [-0.1, -0.05) is 12.1 Å². The van der Waals surface area contributed by atoms with E-state index in [1.54, 1.807) is 11.8 Å². The van der Waals surface area contributed by atoms with Crippen LogP contribution in [0.1, 0.15) is 24.4 Å². The van der Waals surface area contributed by atoms with E-state index in [0.29, 0.717) is 6.42 Å². The maximum Gasteiger partial charge on any atom is 0.303 e. The Morgan fingerprint density at radius 2 is 2.07 bits per heavy atom. The van der Waals surface area contributed by atoms with E-state index in [2.05, 4.69) is 0 Å². The highest BCUT2D eigenvalue weighted by molar-refractivity contribution is 7.98. The van der Waals surface area contributed by atoms with Crippen LogP contribution >= 0.6 is 11.8 Å². The normalized spacial score (nSPS) is 12.4. The lowest BCUT2D eigenvalue weighted by Gasteiger charge is -2.10. The number of aliphatic carboxylic acids is 1. The fourth-order valence-electron chi connectivity index (χ4n) is 1.30. The minimum absolute atomic E-state index is 0.117. The average Bonchev–Trinajstić information content (AvgIpc) is 2.26. The van der Waals surface area contributed by atoms with E-state index >= 15 is 0 Å². The molecule has 0 aliphatic rings. The zero-order valence-electron chi connectivity index (χ0n) is 8.64. The van der Waals surface area contributed by atoms with Crippen LogP contribution < -0.4 is 5.73 Å². The fraction of sp³-hybridized carbons (Fsp3) is 0.364. The summed E-state index contributed by atoms with van der Waals surface area (Å²) in [5.41, 5.74) is 6.86. The molecule has 0 saturated heterocycles. The summed E-state index contributed by atoms with van der Waals surface area (Å²) in [6, 6.07) is 7.73. The molecule has 1 atom stereocenters. The van der Waals surface area contributed by atoms with Gasteiger partial charge >= 0.3 is 5.97 Å². The van der Waals surface area contributed by atoms with Crippen LogP contribution in [0.5, 0.6) is 0 Å². The van der Waals surface area contributed by atoms with Crippen molar-refractivity contribution in [3.05, 3.63) is 29.8 Å². The number of carboxylic acid groups (broad SMARTS) is 1. The van der Waals surface area contributed by atoms with Gasteiger partial charge in [-0.05, 0) is 30.4 Å². The molecule has 0 fully saturated rings. The molecule has 82 valence electrons. The van der Waals surface area contributed by atoms with Crippen LogP contribution in [0.3, 0.4) is 0 Å². The number of carbonyl (C=O) groups is 1. The van der Waals surface area contributed by atoms with Gasteiger partial charge in [-0.3, -0.25) is 4.79 Å². The first-order valence-electron chi connectivity index (χ1n) is 4.75. The van der Waals surface area contributed by atoms with E-state index in [0.717, 1.165) is 5.56 Å². The van der Waals surface area contributed by atoms with Gasteiger partial charge in [0.2, 0.25) is 0 Å². The van der Waals surface area contributed by atoms with Gasteiger partial charge in [0.15, 0.2) is 0 Å². The number of hydrogen-bond donors (Lipinski definition) is 2. The van der Waals surface area contributed by atoms with Crippen LogP contribution in [-0.4, -0.2) is 17.3 Å². The molecule has 1 unspecified atom stereocenters. The Morgan fingerprint density at radius 3 is 2.53 bits per heavy atom. The predicted molar refractivity (Wildman–Crippen MR) is 62.0 cm³/mol. The van der Waals surface area contributed by atoms with Crippen molar-refractivity contribution in [2.75, 3.05) is 6.26 Å². The number of rotatable bonds is 5. The number of benzene rings is 1. The summed E-state index contributed by atoms with van der Waals surface area (Å²) in [4.78, 5) is 11.6. The third-order valence-electron chi connectivity index (χ3n) is 2.21. The van der Waals surface area contributed by atoms with Crippen LogP contribution in [0.25, 0.3) is 0 Å². The molecule has 4 heteroatoms. The molecule has 0 radical (unpaired) electrons. The molecule has 1 aromatic rings. The van der Waals surface area contributed by atoms with E-state index in [1.165, 1.54) is 4.90 Å². The monoisotopic (exact) mass is 225 g/mol. The minimum Gasteiger partial charge on any atom is -0.481 e. The zero-order chi connectivity index (χ0) is 11.3. The molecule has 1 aromatic carbocycles. The Kier molecular flexibility index (Phi) is 4.65. The lowest BCUT2D eigenvalue weighted by molar-refractivity contribution is -0.137. The van der Waals surface area contributed by atoms with Crippen molar-refractivity contribution < 1.29 is 9.90 Å². The van der Waals surface area contributed by atoms with Crippen LogP contribution in [-0.2, 0) is 4.79 Å². The third-order valence-corrected chi connectivity index (χ3v) is 2.96. The topological polar surface area (TPSA) is 63.3 Å². The molecular formula is C11H15NO2S.